The summed E-state index contributed by atoms with van der Waals surface area (Å²) in [6, 6.07) is 1.46. The summed E-state index contributed by atoms with van der Waals surface area (Å²) < 4.78 is 18.3. The molecule has 1 aliphatic rings. The van der Waals surface area contributed by atoms with E-state index in [9.17, 15) is 9.18 Å². The molecule has 16 heavy (non-hydrogen) atoms. The number of pyridine rings is 1. The summed E-state index contributed by atoms with van der Waals surface area (Å²) in [5.74, 6) is -0.984. The second kappa shape index (κ2) is 4.57. The lowest BCUT2D eigenvalue weighted by atomic mass is 9.89. The zero-order valence-corrected chi connectivity index (χ0v) is 8.94. The van der Waals surface area contributed by atoms with Gasteiger partial charge < -0.3 is 10.1 Å². The van der Waals surface area contributed by atoms with Crippen LogP contribution in [0.3, 0.4) is 0 Å². The molecule has 0 saturated heterocycles. The van der Waals surface area contributed by atoms with E-state index in [1.54, 1.807) is 7.11 Å². The molecule has 4 nitrogen and oxygen atoms in total. The predicted octanol–water partition coefficient (Wildman–Crippen LogP) is 1.13. The summed E-state index contributed by atoms with van der Waals surface area (Å²) in [5.41, 5.74) is 0.0378. The number of aromatic nitrogens is 1. The van der Waals surface area contributed by atoms with Crippen LogP contribution < -0.4 is 5.32 Å². The number of halogens is 1. The number of hydrogen-bond donors (Lipinski definition) is 1. The van der Waals surface area contributed by atoms with Crippen LogP contribution in [-0.2, 0) is 4.74 Å². The molecular weight excluding hydrogens is 211 g/mol. The molecule has 1 fully saturated rings. The van der Waals surface area contributed by atoms with Gasteiger partial charge >= 0.3 is 0 Å². The van der Waals surface area contributed by atoms with E-state index in [-0.39, 0.29) is 23.6 Å². The van der Waals surface area contributed by atoms with Gasteiger partial charge in [-0.25, -0.2) is 4.39 Å². The zero-order chi connectivity index (χ0) is 11.5. The molecular formula is C11H13FN2O2. The summed E-state index contributed by atoms with van der Waals surface area (Å²) in [5, 5.41) is 2.75. The van der Waals surface area contributed by atoms with Crippen LogP contribution in [0.1, 0.15) is 23.2 Å². The quantitative estimate of drug-likeness (QED) is 0.837. The van der Waals surface area contributed by atoms with Gasteiger partial charge in [0.05, 0.1) is 17.9 Å². The molecule has 0 unspecified atom stereocenters. The number of amides is 1. The van der Waals surface area contributed by atoms with E-state index in [1.807, 2.05) is 0 Å². The fourth-order valence-corrected chi connectivity index (χ4v) is 1.70. The first-order chi connectivity index (χ1) is 7.70. The van der Waals surface area contributed by atoms with Gasteiger partial charge in [0, 0.05) is 19.3 Å². The molecule has 0 spiro atoms. The molecule has 1 N–H and O–H groups in total. The monoisotopic (exact) mass is 224 g/mol. The number of ether oxygens (including phenoxy) is 1. The highest BCUT2D eigenvalue weighted by atomic mass is 19.1. The Morgan fingerprint density at radius 2 is 2.38 bits per heavy atom. The molecule has 0 bridgehead atoms. The second-order valence-electron chi connectivity index (χ2n) is 3.86. The van der Waals surface area contributed by atoms with E-state index < -0.39 is 5.82 Å². The Labute approximate surface area is 92.8 Å². The van der Waals surface area contributed by atoms with Crippen molar-refractivity contribution in [1.29, 1.82) is 0 Å². The van der Waals surface area contributed by atoms with Crippen molar-refractivity contribution < 1.29 is 13.9 Å². The lowest BCUT2D eigenvalue weighted by Crippen LogP contribution is -2.47. The number of rotatable bonds is 3. The molecule has 86 valence electrons. The standard InChI is InChI=1S/C11H13FN2O2/c1-16-8-4-7(5-8)14-11(15)9-2-3-13-6-10(9)12/h2-3,6-8H,4-5H2,1H3,(H,14,15). The fraction of sp³-hybridized carbons (Fsp3) is 0.455. The molecule has 1 aliphatic carbocycles. The van der Waals surface area contributed by atoms with Crippen LogP contribution in [-0.4, -0.2) is 30.1 Å². The van der Waals surface area contributed by atoms with Crippen molar-refractivity contribution in [2.75, 3.05) is 7.11 Å². The minimum Gasteiger partial charge on any atom is -0.381 e. The number of methoxy groups -OCH3 is 1. The van der Waals surface area contributed by atoms with Gasteiger partial charge in [-0.1, -0.05) is 0 Å². The fourth-order valence-electron chi connectivity index (χ4n) is 1.70. The van der Waals surface area contributed by atoms with Crippen molar-refractivity contribution in [3.05, 3.63) is 29.8 Å². The Bertz CT molecular complexity index is 391. The smallest absolute Gasteiger partial charge is 0.254 e. The van der Waals surface area contributed by atoms with Gasteiger partial charge in [0.15, 0.2) is 5.82 Å². The third kappa shape index (κ3) is 2.19. The van der Waals surface area contributed by atoms with E-state index in [0.29, 0.717) is 0 Å². The zero-order valence-electron chi connectivity index (χ0n) is 8.94. The average Bonchev–Trinajstić information content (AvgIpc) is 2.23. The minimum atomic E-state index is -0.595. The molecule has 1 heterocycles. The van der Waals surface area contributed by atoms with Crippen molar-refractivity contribution >= 4 is 5.91 Å². The highest BCUT2D eigenvalue weighted by Gasteiger charge is 2.30. The van der Waals surface area contributed by atoms with Crippen LogP contribution >= 0.6 is 0 Å². The molecule has 0 atom stereocenters. The number of hydrogen-bond acceptors (Lipinski definition) is 3. The first kappa shape index (κ1) is 11.0. The number of carbonyl (C=O) groups excluding carboxylic acids is 1. The van der Waals surface area contributed by atoms with Gasteiger partial charge in [-0.2, -0.15) is 0 Å². The third-order valence-electron chi connectivity index (χ3n) is 2.78. The van der Waals surface area contributed by atoms with Gasteiger partial charge in [-0.05, 0) is 18.9 Å². The van der Waals surface area contributed by atoms with Crippen LogP contribution in [0.15, 0.2) is 18.5 Å². The summed E-state index contributed by atoms with van der Waals surface area (Å²) >= 11 is 0. The first-order valence-electron chi connectivity index (χ1n) is 5.14. The second-order valence-corrected chi connectivity index (χ2v) is 3.86. The highest BCUT2D eigenvalue weighted by molar-refractivity contribution is 5.94. The Kier molecular flexibility index (Phi) is 3.14. The van der Waals surface area contributed by atoms with Crippen LogP contribution in [0.2, 0.25) is 0 Å². The van der Waals surface area contributed by atoms with E-state index in [0.717, 1.165) is 19.0 Å². The number of nitrogens with one attached hydrogen (secondary N) is 1. The Balaban J connectivity index is 1.92. The summed E-state index contributed by atoms with van der Waals surface area (Å²) in [6.45, 7) is 0. The minimum absolute atomic E-state index is 0.0378. The van der Waals surface area contributed by atoms with Gasteiger partial charge in [-0.3, -0.25) is 9.78 Å². The van der Waals surface area contributed by atoms with Gasteiger partial charge in [0.1, 0.15) is 0 Å². The van der Waals surface area contributed by atoms with Crippen molar-refractivity contribution in [1.82, 2.24) is 10.3 Å². The third-order valence-corrected chi connectivity index (χ3v) is 2.78. The molecule has 1 aromatic rings. The SMILES string of the molecule is COC1CC(NC(=O)c2ccncc2F)C1. The van der Waals surface area contributed by atoms with Gasteiger partial charge in [0.25, 0.3) is 5.91 Å². The molecule has 0 aromatic carbocycles. The van der Waals surface area contributed by atoms with E-state index in [2.05, 4.69) is 10.3 Å². The molecule has 0 radical (unpaired) electrons. The van der Waals surface area contributed by atoms with Gasteiger partial charge in [0.2, 0.25) is 0 Å². The van der Waals surface area contributed by atoms with Crippen LogP contribution in [0.4, 0.5) is 4.39 Å². The molecule has 5 heteroatoms. The van der Waals surface area contributed by atoms with E-state index >= 15 is 0 Å². The molecule has 2 rings (SSSR count). The van der Waals surface area contributed by atoms with Crippen LogP contribution in [0.5, 0.6) is 0 Å². The predicted molar refractivity (Wildman–Crippen MR) is 55.5 cm³/mol. The van der Waals surface area contributed by atoms with Crippen LogP contribution in [0, 0.1) is 5.82 Å². The lowest BCUT2D eigenvalue weighted by Gasteiger charge is -2.34. The van der Waals surface area contributed by atoms with E-state index in [4.69, 9.17) is 4.74 Å². The molecule has 1 amide bonds. The summed E-state index contributed by atoms with van der Waals surface area (Å²) in [4.78, 5) is 15.2. The number of nitrogens with zero attached hydrogens (tertiary/aromatic N) is 1. The highest BCUT2D eigenvalue weighted by Crippen LogP contribution is 2.22. The molecule has 0 aliphatic heterocycles. The Morgan fingerprint density at radius 1 is 1.62 bits per heavy atom. The molecule has 1 aromatic heterocycles. The Morgan fingerprint density at radius 3 is 3.00 bits per heavy atom. The van der Waals surface area contributed by atoms with Crippen molar-refractivity contribution in [2.24, 2.45) is 0 Å². The normalized spacial score (nSPS) is 23.6. The maximum Gasteiger partial charge on any atom is 0.254 e. The largest absolute Gasteiger partial charge is 0.381 e. The van der Waals surface area contributed by atoms with Crippen molar-refractivity contribution in [3.63, 3.8) is 0 Å². The Hall–Kier alpha value is -1.49. The molecule has 1 saturated carbocycles. The maximum atomic E-state index is 13.2. The topological polar surface area (TPSA) is 51.2 Å². The van der Waals surface area contributed by atoms with Crippen molar-refractivity contribution in [2.45, 2.75) is 25.0 Å². The lowest BCUT2D eigenvalue weighted by molar-refractivity contribution is 0.0175. The first-order valence-corrected chi connectivity index (χ1v) is 5.14. The van der Waals surface area contributed by atoms with Gasteiger partial charge in [-0.15, -0.1) is 0 Å². The van der Waals surface area contributed by atoms with Crippen LogP contribution in [0.25, 0.3) is 0 Å². The van der Waals surface area contributed by atoms with Crippen molar-refractivity contribution in [3.8, 4) is 0 Å². The number of carbonyl (C=O) groups is 1. The van der Waals surface area contributed by atoms with E-state index in [1.165, 1.54) is 12.3 Å². The summed E-state index contributed by atoms with van der Waals surface area (Å²) in [6.07, 6.45) is 4.22. The maximum absolute atomic E-state index is 13.2. The summed E-state index contributed by atoms with van der Waals surface area (Å²) in [7, 11) is 1.64. The average molecular weight is 224 g/mol.